The molecule has 78 heavy (non-hydrogen) atoms. The Kier molecular flexibility index (Phi) is 21.2. The minimum atomic E-state index is -1.77. The van der Waals surface area contributed by atoms with E-state index in [-0.39, 0.29) is 97.2 Å². The Labute approximate surface area is 472 Å². The highest BCUT2D eigenvalue weighted by atomic mass is 35.5. The van der Waals surface area contributed by atoms with Crippen LogP contribution in [-0.4, -0.2) is 147 Å². The number of amides is 4. The molecule has 9 rings (SSSR count). The Bertz CT molecular complexity index is 2780. The lowest BCUT2D eigenvalue weighted by Gasteiger charge is -2.46. The maximum atomic E-state index is 15.8. The molecule has 0 radical (unpaired) electrons. The van der Waals surface area contributed by atoms with E-state index in [9.17, 15) is 14.0 Å². The van der Waals surface area contributed by atoms with Crippen LogP contribution in [0.4, 0.5) is 30.2 Å². The second kappa shape index (κ2) is 26.7. The number of rotatable bonds is 16. The maximum absolute atomic E-state index is 15.8. The first-order valence-electron chi connectivity index (χ1n) is 26.1. The molecule has 0 spiro atoms. The van der Waals surface area contributed by atoms with Crippen molar-refractivity contribution in [2.45, 2.75) is 101 Å². The van der Waals surface area contributed by atoms with Crippen molar-refractivity contribution >= 4 is 83.7 Å². The average Bonchev–Trinajstić information content (AvgIpc) is 4.04. The Morgan fingerprint density at radius 3 is 2.24 bits per heavy atom. The molecule has 0 aliphatic carbocycles. The lowest BCUT2D eigenvalue weighted by atomic mass is 9.74. The van der Waals surface area contributed by atoms with Crippen LogP contribution in [0.2, 0.25) is 0 Å². The molecule has 5 aliphatic heterocycles. The summed E-state index contributed by atoms with van der Waals surface area (Å²) in [5.41, 5.74) is 1.38. The van der Waals surface area contributed by atoms with E-state index >= 15 is 23.2 Å². The van der Waals surface area contributed by atoms with E-state index in [0.717, 1.165) is 29.8 Å². The molecule has 0 saturated carbocycles. The first kappa shape index (κ1) is 61.9. The average molecular weight is 1150 g/mol. The Morgan fingerprint density at radius 1 is 0.846 bits per heavy atom. The van der Waals surface area contributed by atoms with Gasteiger partial charge >= 0.3 is 0 Å². The van der Waals surface area contributed by atoms with Gasteiger partial charge in [-0.05, 0) is 125 Å². The molecule has 8 atom stereocenters. The van der Waals surface area contributed by atoms with Gasteiger partial charge in [-0.15, -0.1) is 37.2 Å². The number of hydrogen-bond donors (Lipinski definition) is 6. The zero-order valence-corrected chi connectivity index (χ0v) is 46.8. The molecular formula is C56H71Cl3F3N9O7. The Balaban J connectivity index is 0.00000328. The highest BCUT2D eigenvalue weighted by Crippen LogP contribution is 2.43. The number of anilines is 3. The van der Waals surface area contributed by atoms with Gasteiger partial charge in [0.1, 0.15) is 35.2 Å². The molecule has 16 nitrogen and oxygen atoms in total. The number of para-hydroxylation sites is 1. The molecule has 424 valence electrons. The fraction of sp³-hybridized carbons (Fsp3) is 0.482. The van der Waals surface area contributed by atoms with Crippen molar-refractivity contribution in [3.8, 4) is 0 Å². The summed E-state index contributed by atoms with van der Waals surface area (Å²) in [6.07, 6.45) is 1.38. The molecular weight excluding hydrogens is 1070 g/mol. The first-order chi connectivity index (χ1) is 36.1. The molecule has 5 heterocycles. The second-order valence-corrected chi connectivity index (χ2v) is 20.8. The molecule has 3 saturated heterocycles. The quantitative estimate of drug-likeness (QED) is 0.0706. The van der Waals surface area contributed by atoms with Crippen molar-refractivity contribution in [2.75, 3.05) is 82.1 Å². The lowest BCUT2D eigenvalue weighted by Crippen LogP contribution is -2.66. The number of piperazine rings is 1. The number of benzene rings is 4. The molecule has 6 N–H and O–H groups in total. The number of carbonyl (C=O) groups excluding carboxylic acids is 5. The zero-order chi connectivity index (χ0) is 53.1. The monoisotopic (exact) mass is 1140 g/mol. The van der Waals surface area contributed by atoms with Gasteiger partial charge in [0.2, 0.25) is 17.7 Å². The number of likely N-dealkylation sites (N-methyl/N-ethyl adjacent to an activating group) is 1. The number of carbonyl (C=O) groups is 5. The number of morpholine rings is 1. The number of halogens is 6. The van der Waals surface area contributed by atoms with Crippen LogP contribution in [0.1, 0.15) is 74.4 Å². The van der Waals surface area contributed by atoms with Gasteiger partial charge in [0.05, 0.1) is 25.3 Å². The number of fused-ring (bicyclic) bond motifs is 2. The van der Waals surface area contributed by atoms with E-state index in [2.05, 4.69) is 55.5 Å². The first-order valence-corrected chi connectivity index (χ1v) is 26.1. The second-order valence-electron chi connectivity index (χ2n) is 20.8. The summed E-state index contributed by atoms with van der Waals surface area (Å²) < 4.78 is 55.6. The van der Waals surface area contributed by atoms with E-state index in [0.29, 0.717) is 82.1 Å². The maximum Gasteiger partial charge on any atom is 0.252 e. The van der Waals surface area contributed by atoms with Crippen LogP contribution in [0.15, 0.2) is 78.9 Å². The molecule has 4 amide bonds. The number of ether oxygens (including phenoxy) is 2. The fourth-order valence-electron chi connectivity index (χ4n) is 11.4. The standard InChI is InChI=1S/C56H68F3N9O7.3ClH/c1-32-27-67(42(26-61-32)29-66-19-22-75-30-33(66)2)35(4)51(69)56(31-62-47-24-37(11-16-44(47)56)23-36-9-13-40(57)14-10-36)55(73)63-41-15-12-39-28-68(50(43(39)25-41)53(71)65-49-45(58)7-6-8-46(49)59)54(72)48(38-17-20-74-21-18-38)64-52(70)34(3)60-5;;;/h6-16,24-25,32-35,38,42,48,50,60-62H,17-23,26-31H2,1-5H3,(H,63,73)(H,64,70)(H,65,71);3*1H/t32-,33-,34+,35?,42-,48+,50-,56?;;;/m1.../s1. The topological polar surface area (TPSA) is 186 Å². The third kappa shape index (κ3) is 13.0. The van der Waals surface area contributed by atoms with Gasteiger partial charge in [-0.2, -0.15) is 0 Å². The van der Waals surface area contributed by atoms with Crippen LogP contribution in [0.3, 0.4) is 0 Å². The van der Waals surface area contributed by atoms with Gasteiger partial charge < -0.3 is 46.3 Å². The third-order valence-corrected chi connectivity index (χ3v) is 15.9. The minimum Gasteiger partial charge on any atom is -0.383 e. The summed E-state index contributed by atoms with van der Waals surface area (Å²) in [6.45, 7) is 12.1. The molecule has 0 aromatic heterocycles. The van der Waals surface area contributed by atoms with Crippen molar-refractivity contribution in [3.05, 3.63) is 124 Å². The van der Waals surface area contributed by atoms with Crippen molar-refractivity contribution in [1.29, 1.82) is 0 Å². The van der Waals surface area contributed by atoms with E-state index < -0.39 is 70.5 Å². The highest BCUT2D eigenvalue weighted by Gasteiger charge is 2.55. The largest absolute Gasteiger partial charge is 0.383 e. The summed E-state index contributed by atoms with van der Waals surface area (Å²) in [4.78, 5) is 80.3. The molecule has 0 bridgehead atoms. The summed E-state index contributed by atoms with van der Waals surface area (Å²) in [5, 5.41) is 18.3. The molecule has 2 unspecified atom stereocenters. The third-order valence-electron chi connectivity index (χ3n) is 15.9. The van der Waals surface area contributed by atoms with Crippen molar-refractivity contribution in [2.24, 2.45) is 5.92 Å². The van der Waals surface area contributed by atoms with Crippen molar-refractivity contribution in [3.63, 3.8) is 0 Å². The smallest absolute Gasteiger partial charge is 0.252 e. The fourth-order valence-corrected chi connectivity index (χ4v) is 11.4. The van der Waals surface area contributed by atoms with Crippen LogP contribution < -0.4 is 31.9 Å². The molecule has 3 fully saturated rings. The van der Waals surface area contributed by atoms with Gasteiger partial charge in [0.25, 0.3) is 5.91 Å². The summed E-state index contributed by atoms with van der Waals surface area (Å²) in [5.74, 6) is -5.63. The van der Waals surface area contributed by atoms with Crippen LogP contribution in [0, 0.1) is 23.4 Å². The summed E-state index contributed by atoms with van der Waals surface area (Å²) in [7, 11) is 1.62. The zero-order valence-electron chi connectivity index (χ0n) is 44.4. The van der Waals surface area contributed by atoms with Gasteiger partial charge in [-0.25, -0.2) is 13.2 Å². The number of hydrogen-bond acceptors (Lipinski definition) is 12. The summed E-state index contributed by atoms with van der Waals surface area (Å²) >= 11 is 0. The normalized spacial score (nSPS) is 23.4. The van der Waals surface area contributed by atoms with Gasteiger partial charge in [-0.1, -0.05) is 36.4 Å². The van der Waals surface area contributed by atoms with Crippen LogP contribution in [0.25, 0.3) is 0 Å². The van der Waals surface area contributed by atoms with Gasteiger partial charge in [-0.3, -0.25) is 33.8 Å². The van der Waals surface area contributed by atoms with Crippen LogP contribution in [-0.2, 0) is 51.8 Å². The van der Waals surface area contributed by atoms with E-state index in [4.69, 9.17) is 9.47 Å². The van der Waals surface area contributed by atoms with Crippen molar-refractivity contribution in [1.82, 2.24) is 30.7 Å². The van der Waals surface area contributed by atoms with Crippen LogP contribution in [0.5, 0.6) is 0 Å². The Morgan fingerprint density at radius 2 is 1.55 bits per heavy atom. The van der Waals surface area contributed by atoms with E-state index in [1.165, 1.54) is 23.1 Å². The molecule has 5 aliphatic rings. The lowest BCUT2D eigenvalue weighted by molar-refractivity contribution is -0.144. The number of nitrogens with one attached hydrogen (secondary N) is 6. The predicted molar refractivity (Wildman–Crippen MR) is 299 cm³/mol. The molecule has 22 heteroatoms. The Hall–Kier alpha value is -5.35. The van der Waals surface area contributed by atoms with Gasteiger partial charge in [0, 0.05) is 87.5 Å². The van der Waals surface area contributed by atoms with Crippen molar-refractivity contribution < 1.29 is 46.6 Å². The van der Waals surface area contributed by atoms with E-state index in [1.54, 1.807) is 44.3 Å². The molecule has 4 aromatic rings. The predicted octanol–water partition coefficient (Wildman–Crippen LogP) is 6.14. The number of Topliss-reactive ketones (excluding diaryl/α,β-unsaturated/α-hetero) is 1. The number of ketones is 1. The summed E-state index contributed by atoms with van der Waals surface area (Å²) in [6, 6.07) is 16.1. The van der Waals surface area contributed by atoms with E-state index in [1.807, 2.05) is 25.1 Å². The SMILES string of the molecule is CN[C@@H](C)C(=O)N[C@H](C(=O)N1Cc2ccc(NC(=O)C3(C(=O)C(C)N4C[C@@H](C)NC[C@@H]4CN4CCOC[C@H]4C)CNc4cc(Cc5ccc(F)cc5)ccc43)cc2[C@@H]1C(=O)Nc1c(F)cccc1F)C1CCOCC1.Cl.Cl.Cl. The minimum absolute atomic E-state index is 0. The highest BCUT2D eigenvalue weighted by molar-refractivity contribution is 6.20. The van der Waals surface area contributed by atoms with Gasteiger partial charge in [0.15, 0.2) is 11.2 Å². The van der Waals surface area contributed by atoms with Crippen LogP contribution >= 0.6 is 37.2 Å². The number of nitrogens with zero attached hydrogens (tertiary/aromatic N) is 3. The molecule has 4 aromatic carbocycles.